The minimum absolute atomic E-state index is 0.0599. The Hall–Kier alpha value is -3.07. The Morgan fingerprint density at radius 1 is 0.769 bits per heavy atom. The lowest BCUT2D eigenvalue weighted by Crippen LogP contribution is -2.23. The number of hydrogen-bond acceptors (Lipinski definition) is 3. The van der Waals surface area contributed by atoms with Crippen molar-refractivity contribution in [2.75, 3.05) is 7.11 Å². The summed E-state index contributed by atoms with van der Waals surface area (Å²) in [7, 11) is 1.60. The van der Waals surface area contributed by atoms with E-state index in [1.165, 1.54) is 5.56 Å². The van der Waals surface area contributed by atoms with Gasteiger partial charge in [-0.1, -0.05) is 42.0 Å². The molecule has 1 atom stereocenters. The molecule has 0 heterocycles. The predicted octanol–water partition coefficient (Wildman–Crippen LogP) is 5.32. The number of ether oxygens (including phenoxy) is 2. The van der Waals surface area contributed by atoms with Crippen LogP contribution in [0.2, 0.25) is 0 Å². The highest BCUT2D eigenvalue weighted by Crippen LogP contribution is 2.24. The molecule has 3 aromatic rings. The van der Waals surface area contributed by atoms with E-state index < -0.39 is 6.10 Å². The average Bonchev–Trinajstić information content (AvgIpc) is 2.69. The third-order valence-electron chi connectivity index (χ3n) is 4.30. The largest absolute Gasteiger partial charge is 0.497 e. The van der Waals surface area contributed by atoms with Crippen LogP contribution in [0.4, 0.5) is 0 Å². The van der Waals surface area contributed by atoms with E-state index in [4.69, 9.17) is 9.47 Å². The molecule has 0 saturated heterocycles. The second kappa shape index (κ2) is 7.87. The van der Waals surface area contributed by atoms with Crippen LogP contribution >= 0.6 is 0 Å². The number of methoxy groups -OCH3 is 1. The molecule has 0 radical (unpaired) electrons. The molecule has 0 bridgehead atoms. The number of benzene rings is 3. The van der Waals surface area contributed by atoms with Crippen LogP contribution in [0.1, 0.15) is 22.8 Å². The Morgan fingerprint density at radius 2 is 1.27 bits per heavy atom. The summed E-state index contributed by atoms with van der Waals surface area (Å²) >= 11 is 0. The first kappa shape index (κ1) is 17.7. The van der Waals surface area contributed by atoms with Gasteiger partial charge >= 0.3 is 0 Å². The highest BCUT2D eigenvalue weighted by molar-refractivity contribution is 5.99. The quantitative estimate of drug-likeness (QED) is 0.567. The van der Waals surface area contributed by atoms with Crippen LogP contribution in [0.3, 0.4) is 0 Å². The maximum atomic E-state index is 12.5. The molecule has 3 aromatic carbocycles. The zero-order valence-electron chi connectivity index (χ0n) is 15.2. The van der Waals surface area contributed by atoms with Gasteiger partial charge in [0.1, 0.15) is 11.5 Å². The fraction of sp³-hybridized carbons (Fsp3) is 0.174. The van der Waals surface area contributed by atoms with Crippen LogP contribution in [0, 0.1) is 6.92 Å². The minimum atomic E-state index is -0.561. The minimum Gasteiger partial charge on any atom is -0.497 e. The lowest BCUT2D eigenvalue weighted by atomic mass is 10.0. The van der Waals surface area contributed by atoms with E-state index in [1.54, 1.807) is 38.3 Å². The molecule has 0 amide bonds. The van der Waals surface area contributed by atoms with Crippen molar-refractivity contribution in [1.29, 1.82) is 0 Å². The van der Waals surface area contributed by atoms with Crippen molar-refractivity contribution in [2.45, 2.75) is 20.0 Å². The van der Waals surface area contributed by atoms with Gasteiger partial charge in [-0.2, -0.15) is 0 Å². The van der Waals surface area contributed by atoms with Crippen LogP contribution in [0.5, 0.6) is 11.5 Å². The van der Waals surface area contributed by atoms with E-state index in [1.807, 2.05) is 24.3 Å². The molecule has 0 aromatic heterocycles. The number of ketones is 1. The number of Topliss-reactive ketones (excluding diaryl/α,β-unsaturated/α-hetero) is 1. The van der Waals surface area contributed by atoms with Gasteiger partial charge in [-0.15, -0.1) is 0 Å². The normalized spacial score (nSPS) is 11.7. The van der Waals surface area contributed by atoms with Crippen molar-refractivity contribution in [2.24, 2.45) is 0 Å². The Balaban J connectivity index is 1.67. The molecule has 0 aliphatic rings. The standard InChI is InChI=1S/C23H22O3/c1-16-4-6-18(7-5-16)19-8-14-22(15-9-19)26-17(2)23(24)20-10-12-21(25-3)13-11-20/h4-15,17H,1-3H3/t17-/m0/s1. The molecular weight excluding hydrogens is 324 g/mol. The number of carbonyl (C=O) groups is 1. The fourth-order valence-electron chi connectivity index (χ4n) is 2.72. The molecule has 0 aliphatic carbocycles. The first-order chi connectivity index (χ1) is 12.6. The number of carbonyl (C=O) groups excluding carboxylic acids is 1. The first-order valence-corrected chi connectivity index (χ1v) is 8.59. The summed E-state index contributed by atoms with van der Waals surface area (Å²) < 4.78 is 10.9. The van der Waals surface area contributed by atoms with Crippen LogP contribution in [0.25, 0.3) is 11.1 Å². The molecule has 132 valence electrons. The molecule has 0 N–H and O–H groups in total. The molecule has 0 spiro atoms. The van der Waals surface area contributed by atoms with E-state index >= 15 is 0 Å². The van der Waals surface area contributed by atoms with Gasteiger partial charge in [0.25, 0.3) is 0 Å². The topological polar surface area (TPSA) is 35.5 Å². The molecule has 0 unspecified atom stereocenters. The van der Waals surface area contributed by atoms with Gasteiger partial charge in [-0.25, -0.2) is 0 Å². The van der Waals surface area contributed by atoms with Crippen LogP contribution in [-0.2, 0) is 0 Å². The van der Waals surface area contributed by atoms with Crippen LogP contribution < -0.4 is 9.47 Å². The van der Waals surface area contributed by atoms with Crippen molar-refractivity contribution in [3.05, 3.63) is 83.9 Å². The SMILES string of the molecule is COc1ccc(C(=O)[C@H](C)Oc2ccc(-c3ccc(C)cc3)cc2)cc1. The second-order valence-corrected chi connectivity index (χ2v) is 6.24. The van der Waals surface area contributed by atoms with Gasteiger partial charge < -0.3 is 9.47 Å². The maximum absolute atomic E-state index is 12.5. The number of hydrogen-bond donors (Lipinski definition) is 0. The molecule has 26 heavy (non-hydrogen) atoms. The van der Waals surface area contributed by atoms with E-state index in [-0.39, 0.29) is 5.78 Å². The molecular formula is C23H22O3. The average molecular weight is 346 g/mol. The predicted molar refractivity (Wildman–Crippen MR) is 104 cm³/mol. The van der Waals surface area contributed by atoms with Crippen LogP contribution in [0.15, 0.2) is 72.8 Å². The molecule has 0 fully saturated rings. The van der Waals surface area contributed by atoms with Gasteiger partial charge in [0.2, 0.25) is 5.78 Å². The maximum Gasteiger partial charge on any atom is 0.202 e. The van der Waals surface area contributed by atoms with Crippen molar-refractivity contribution < 1.29 is 14.3 Å². The molecule has 0 aliphatic heterocycles. The molecule has 3 rings (SSSR count). The van der Waals surface area contributed by atoms with Crippen molar-refractivity contribution in [3.63, 3.8) is 0 Å². The van der Waals surface area contributed by atoms with Crippen molar-refractivity contribution in [1.82, 2.24) is 0 Å². The van der Waals surface area contributed by atoms with E-state index in [9.17, 15) is 4.79 Å². The Bertz CT molecular complexity index is 863. The molecule has 3 nitrogen and oxygen atoms in total. The number of rotatable bonds is 6. The monoisotopic (exact) mass is 346 g/mol. The van der Waals surface area contributed by atoms with Gasteiger partial charge in [-0.3, -0.25) is 4.79 Å². The summed E-state index contributed by atoms with van der Waals surface area (Å²) in [6.07, 6.45) is -0.561. The summed E-state index contributed by atoms with van der Waals surface area (Å²) in [6.45, 7) is 3.84. The van der Waals surface area contributed by atoms with Crippen molar-refractivity contribution >= 4 is 5.78 Å². The zero-order chi connectivity index (χ0) is 18.5. The zero-order valence-corrected chi connectivity index (χ0v) is 15.2. The lowest BCUT2D eigenvalue weighted by Gasteiger charge is -2.14. The number of aryl methyl sites for hydroxylation is 1. The van der Waals surface area contributed by atoms with Gasteiger partial charge in [-0.05, 0) is 61.4 Å². The summed E-state index contributed by atoms with van der Waals surface area (Å²) in [5.41, 5.74) is 4.12. The van der Waals surface area contributed by atoms with E-state index in [2.05, 4.69) is 31.2 Å². The first-order valence-electron chi connectivity index (χ1n) is 8.59. The summed E-state index contributed by atoms with van der Waals surface area (Å²) in [5.74, 6) is 1.34. The summed E-state index contributed by atoms with van der Waals surface area (Å²) in [5, 5.41) is 0. The van der Waals surface area contributed by atoms with Crippen molar-refractivity contribution in [3.8, 4) is 22.6 Å². The van der Waals surface area contributed by atoms with Crippen LogP contribution in [-0.4, -0.2) is 19.0 Å². The van der Waals surface area contributed by atoms with Gasteiger partial charge in [0, 0.05) is 5.56 Å². The van der Waals surface area contributed by atoms with E-state index in [0.29, 0.717) is 11.3 Å². The van der Waals surface area contributed by atoms with E-state index in [0.717, 1.165) is 16.9 Å². The third kappa shape index (κ3) is 4.12. The van der Waals surface area contributed by atoms with Gasteiger partial charge in [0.15, 0.2) is 6.10 Å². The Morgan fingerprint density at radius 3 is 1.81 bits per heavy atom. The summed E-state index contributed by atoms with van der Waals surface area (Å²) in [6, 6.07) is 23.2. The summed E-state index contributed by atoms with van der Waals surface area (Å²) in [4.78, 5) is 12.5. The second-order valence-electron chi connectivity index (χ2n) is 6.24. The lowest BCUT2D eigenvalue weighted by molar-refractivity contribution is 0.0818. The molecule has 0 saturated carbocycles. The third-order valence-corrected chi connectivity index (χ3v) is 4.30. The highest BCUT2D eigenvalue weighted by atomic mass is 16.5. The fourth-order valence-corrected chi connectivity index (χ4v) is 2.72. The highest BCUT2D eigenvalue weighted by Gasteiger charge is 2.17. The van der Waals surface area contributed by atoms with Gasteiger partial charge in [0.05, 0.1) is 7.11 Å². The smallest absolute Gasteiger partial charge is 0.202 e. The Labute approximate surface area is 154 Å². The Kier molecular flexibility index (Phi) is 5.37. The molecule has 3 heteroatoms.